The van der Waals surface area contributed by atoms with E-state index in [1.165, 1.54) is 40.2 Å². The highest BCUT2D eigenvalue weighted by Crippen LogP contribution is 2.31. The standard InChI is InChI=1S/C18H17F2N5O3/c1-3-27-16-9-8-15(25-12(2)21-10-22-25)17(23-16)24(11-26)13-4-6-14(7-5-13)28-18(19)20/h4-11,18H,3H2,1-2H3. The first-order chi connectivity index (χ1) is 13.5. The topological polar surface area (TPSA) is 82.4 Å². The minimum atomic E-state index is -2.93. The number of nitrogens with zero attached hydrogens (tertiary/aromatic N) is 5. The van der Waals surface area contributed by atoms with Crippen molar-refractivity contribution < 1.29 is 23.0 Å². The summed E-state index contributed by atoms with van der Waals surface area (Å²) in [6, 6.07) is 8.99. The molecule has 10 heteroatoms. The molecule has 0 aliphatic rings. The van der Waals surface area contributed by atoms with E-state index in [9.17, 15) is 13.6 Å². The van der Waals surface area contributed by atoms with Crippen molar-refractivity contribution in [1.29, 1.82) is 0 Å². The third-order valence-corrected chi connectivity index (χ3v) is 3.74. The fourth-order valence-electron chi connectivity index (χ4n) is 2.55. The van der Waals surface area contributed by atoms with Gasteiger partial charge < -0.3 is 9.47 Å². The highest BCUT2D eigenvalue weighted by molar-refractivity contribution is 5.88. The summed E-state index contributed by atoms with van der Waals surface area (Å²) in [5.74, 6) is 1.15. The number of amides is 1. The van der Waals surface area contributed by atoms with Crippen molar-refractivity contribution in [3.05, 3.63) is 48.5 Å². The van der Waals surface area contributed by atoms with E-state index in [1.54, 1.807) is 19.1 Å². The van der Waals surface area contributed by atoms with Crippen LogP contribution in [0.1, 0.15) is 12.7 Å². The van der Waals surface area contributed by atoms with Crippen molar-refractivity contribution in [2.24, 2.45) is 0 Å². The Morgan fingerprint density at radius 2 is 1.96 bits per heavy atom. The summed E-state index contributed by atoms with van der Waals surface area (Å²) in [5, 5.41) is 4.16. The number of halogens is 2. The van der Waals surface area contributed by atoms with Gasteiger partial charge >= 0.3 is 6.61 Å². The van der Waals surface area contributed by atoms with Gasteiger partial charge in [0.15, 0.2) is 5.82 Å². The molecule has 3 aromatic rings. The first kappa shape index (κ1) is 19.2. The molecule has 0 aliphatic heterocycles. The highest BCUT2D eigenvalue weighted by Gasteiger charge is 2.19. The molecule has 0 fully saturated rings. The average molecular weight is 389 g/mol. The summed E-state index contributed by atoms with van der Waals surface area (Å²) in [5.41, 5.74) is 0.898. The van der Waals surface area contributed by atoms with Crippen LogP contribution in [0.3, 0.4) is 0 Å². The number of alkyl halides is 2. The van der Waals surface area contributed by atoms with Crippen molar-refractivity contribution in [2.45, 2.75) is 20.5 Å². The minimum absolute atomic E-state index is 0.0204. The van der Waals surface area contributed by atoms with Crippen LogP contribution in [0.2, 0.25) is 0 Å². The van der Waals surface area contributed by atoms with Gasteiger partial charge in [0.1, 0.15) is 23.6 Å². The summed E-state index contributed by atoms with van der Waals surface area (Å²) < 4.78 is 36.0. The van der Waals surface area contributed by atoms with E-state index in [-0.39, 0.29) is 11.6 Å². The second-order valence-electron chi connectivity index (χ2n) is 5.49. The van der Waals surface area contributed by atoms with Crippen LogP contribution in [0, 0.1) is 6.92 Å². The molecule has 8 nitrogen and oxygen atoms in total. The lowest BCUT2D eigenvalue weighted by atomic mass is 10.2. The maximum absolute atomic E-state index is 12.3. The lowest BCUT2D eigenvalue weighted by molar-refractivity contribution is -0.106. The molecule has 0 radical (unpaired) electrons. The Hall–Kier alpha value is -3.56. The van der Waals surface area contributed by atoms with Crippen molar-refractivity contribution in [2.75, 3.05) is 11.5 Å². The largest absolute Gasteiger partial charge is 0.478 e. The van der Waals surface area contributed by atoms with Crippen molar-refractivity contribution in [1.82, 2.24) is 19.7 Å². The van der Waals surface area contributed by atoms with Gasteiger partial charge in [-0.05, 0) is 44.2 Å². The number of benzene rings is 1. The van der Waals surface area contributed by atoms with Crippen molar-refractivity contribution >= 4 is 17.9 Å². The van der Waals surface area contributed by atoms with Crippen LogP contribution in [-0.4, -0.2) is 39.4 Å². The van der Waals surface area contributed by atoms with Gasteiger partial charge in [0.05, 0.1) is 12.3 Å². The minimum Gasteiger partial charge on any atom is -0.478 e. The molecule has 0 N–H and O–H groups in total. The second kappa shape index (κ2) is 8.42. The predicted octanol–water partition coefficient (Wildman–Crippen LogP) is 3.27. The molecule has 28 heavy (non-hydrogen) atoms. The maximum Gasteiger partial charge on any atom is 0.387 e. The van der Waals surface area contributed by atoms with Crippen LogP contribution in [0.5, 0.6) is 11.6 Å². The summed E-state index contributed by atoms with van der Waals surface area (Å²) in [6.45, 7) is 1.04. The summed E-state index contributed by atoms with van der Waals surface area (Å²) in [6.07, 6.45) is 1.95. The van der Waals surface area contributed by atoms with Gasteiger partial charge in [0.25, 0.3) is 0 Å². The Morgan fingerprint density at radius 1 is 1.21 bits per heavy atom. The monoisotopic (exact) mass is 389 g/mol. The van der Waals surface area contributed by atoms with Crippen LogP contribution in [-0.2, 0) is 4.79 Å². The van der Waals surface area contributed by atoms with E-state index < -0.39 is 6.61 Å². The molecule has 0 unspecified atom stereocenters. The van der Waals surface area contributed by atoms with Gasteiger partial charge in [0, 0.05) is 6.07 Å². The Balaban J connectivity index is 2.06. The first-order valence-corrected chi connectivity index (χ1v) is 8.33. The average Bonchev–Trinajstić information content (AvgIpc) is 3.10. The van der Waals surface area contributed by atoms with E-state index in [2.05, 4.69) is 19.8 Å². The number of hydrogen-bond acceptors (Lipinski definition) is 6. The number of anilines is 2. The smallest absolute Gasteiger partial charge is 0.387 e. The fourth-order valence-corrected chi connectivity index (χ4v) is 2.55. The molecule has 2 heterocycles. The summed E-state index contributed by atoms with van der Waals surface area (Å²) >= 11 is 0. The van der Waals surface area contributed by atoms with Crippen molar-refractivity contribution in [3.8, 4) is 17.3 Å². The van der Waals surface area contributed by atoms with Crippen LogP contribution < -0.4 is 14.4 Å². The molecule has 146 valence electrons. The van der Waals surface area contributed by atoms with E-state index in [0.717, 1.165) is 0 Å². The number of carbonyl (C=O) groups excluding carboxylic acids is 1. The second-order valence-corrected chi connectivity index (χ2v) is 5.49. The molecule has 1 aromatic carbocycles. The lowest BCUT2D eigenvalue weighted by Gasteiger charge is -2.21. The van der Waals surface area contributed by atoms with Crippen molar-refractivity contribution in [3.63, 3.8) is 0 Å². The zero-order valence-electron chi connectivity index (χ0n) is 15.1. The molecule has 0 saturated carbocycles. The van der Waals surface area contributed by atoms with Crippen LogP contribution in [0.4, 0.5) is 20.3 Å². The third-order valence-electron chi connectivity index (χ3n) is 3.74. The van der Waals surface area contributed by atoms with Gasteiger partial charge in [-0.2, -0.15) is 18.9 Å². The highest BCUT2D eigenvalue weighted by atomic mass is 19.3. The van der Waals surface area contributed by atoms with E-state index in [4.69, 9.17) is 4.74 Å². The zero-order valence-corrected chi connectivity index (χ0v) is 15.1. The Morgan fingerprint density at radius 3 is 2.54 bits per heavy atom. The van der Waals surface area contributed by atoms with Crippen LogP contribution in [0.15, 0.2) is 42.7 Å². The van der Waals surface area contributed by atoms with Gasteiger partial charge in [0.2, 0.25) is 12.3 Å². The lowest BCUT2D eigenvalue weighted by Crippen LogP contribution is -2.19. The Bertz CT molecular complexity index is 947. The Labute approximate surface area is 159 Å². The molecule has 0 atom stereocenters. The van der Waals surface area contributed by atoms with Gasteiger partial charge in [-0.25, -0.2) is 9.67 Å². The maximum atomic E-state index is 12.3. The summed E-state index contributed by atoms with van der Waals surface area (Å²) in [7, 11) is 0. The zero-order chi connectivity index (χ0) is 20.1. The molecule has 3 rings (SSSR count). The first-order valence-electron chi connectivity index (χ1n) is 8.33. The number of aromatic nitrogens is 4. The molecular weight excluding hydrogens is 372 g/mol. The SMILES string of the molecule is CCOc1ccc(-n2ncnc2C)c(N(C=O)c2ccc(OC(F)F)cc2)n1. The summed E-state index contributed by atoms with van der Waals surface area (Å²) in [4.78, 5) is 21.6. The van der Waals surface area contributed by atoms with E-state index >= 15 is 0 Å². The molecule has 2 aromatic heterocycles. The van der Waals surface area contributed by atoms with Gasteiger partial charge in [-0.1, -0.05) is 0 Å². The van der Waals surface area contributed by atoms with E-state index in [1.807, 2.05) is 6.92 Å². The molecule has 1 amide bonds. The predicted molar refractivity (Wildman–Crippen MR) is 96.3 cm³/mol. The van der Waals surface area contributed by atoms with Gasteiger partial charge in [-0.15, -0.1) is 0 Å². The number of pyridine rings is 1. The number of rotatable bonds is 8. The van der Waals surface area contributed by atoms with Crippen LogP contribution in [0.25, 0.3) is 5.69 Å². The Kier molecular flexibility index (Phi) is 5.78. The molecule has 0 aliphatic carbocycles. The number of aryl methyl sites for hydroxylation is 1. The van der Waals surface area contributed by atoms with E-state index in [0.29, 0.717) is 36.1 Å². The van der Waals surface area contributed by atoms with Crippen LogP contribution >= 0.6 is 0 Å². The molecular formula is C18H17F2N5O3. The molecule has 0 saturated heterocycles. The van der Waals surface area contributed by atoms with Gasteiger partial charge in [-0.3, -0.25) is 9.69 Å². The number of hydrogen-bond donors (Lipinski definition) is 0. The fraction of sp³-hybridized carbons (Fsp3) is 0.222. The number of carbonyl (C=O) groups is 1. The third kappa shape index (κ3) is 4.05. The normalized spacial score (nSPS) is 10.8. The molecule has 0 bridgehead atoms. The number of ether oxygens (including phenoxy) is 2. The quantitative estimate of drug-likeness (QED) is 0.550. The molecule has 0 spiro atoms.